The molecule has 0 aliphatic rings. The van der Waals surface area contributed by atoms with Crippen LogP contribution in [0.2, 0.25) is 0 Å². The molecular weight excluding hydrogens is 249 g/mol. The molecule has 0 aliphatic heterocycles. The van der Waals surface area contributed by atoms with Crippen LogP contribution in [-0.2, 0) is 0 Å². The number of aromatic amines is 1. The van der Waals surface area contributed by atoms with Gasteiger partial charge in [0.2, 0.25) is 0 Å². The van der Waals surface area contributed by atoms with Gasteiger partial charge in [-0.25, -0.2) is 9.18 Å². The Morgan fingerprint density at radius 3 is 2.53 bits per heavy atom. The minimum absolute atomic E-state index is 0.358. The third-order valence-electron chi connectivity index (χ3n) is 2.95. The molecule has 96 valence electrons. The van der Waals surface area contributed by atoms with Gasteiger partial charge in [0.25, 0.3) is 0 Å². The third-order valence-corrected chi connectivity index (χ3v) is 2.95. The summed E-state index contributed by atoms with van der Waals surface area (Å²) in [5.41, 5.74) is 2.09. The predicted octanol–water partition coefficient (Wildman–Crippen LogP) is 2.34. The monoisotopic (exact) mass is 259 g/mol. The number of hydrogen-bond donors (Lipinski definition) is 2. The smallest absolute Gasteiger partial charge is 0.408 e. The average Bonchev–Trinajstić information content (AvgIpc) is 2.77. The minimum Gasteiger partial charge on any atom is -0.408 e. The van der Waals surface area contributed by atoms with E-state index in [0.29, 0.717) is 22.2 Å². The summed E-state index contributed by atoms with van der Waals surface area (Å²) in [7, 11) is 0. The molecule has 3 rings (SSSR count). The second-order valence-electron chi connectivity index (χ2n) is 4.22. The fourth-order valence-electron chi connectivity index (χ4n) is 1.97. The molecule has 0 bridgehead atoms. The summed E-state index contributed by atoms with van der Waals surface area (Å²) < 4.78 is 17.8. The lowest BCUT2D eigenvalue weighted by Gasteiger charge is -2.11. The fourth-order valence-corrected chi connectivity index (χ4v) is 1.97. The molecule has 0 spiro atoms. The van der Waals surface area contributed by atoms with Gasteiger partial charge in [-0.15, -0.1) is 0 Å². The fraction of sp³-hybridized carbons (Fsp3) is 0.0714. The summed E-state index contributed by atoms with van der Waals surface area (Å²) in [6, 6.07) is 10.5. The Morgan fingerprint density at radius 1 is 1.11 bits per heavy atom. The van der Waals surface area contributed by atoms with Crippen LogP contribution in [-0.4, -0.2) is 10.1 Å². The quantitative estimate of drug-likeness (QED) is 0.742. The molecule has 1 aromatic heterocycles. The molecule has 5 heteroatoms. The molecular formula is C14H10FNO3. The van der Waals surface area contributed by atoms with E-state index in [1.54, 1.807) is 18.2 Å². The summed E-state index contributed by atoms with van der Waals surface area (Å²) in [4.78, 5) is 13.6. The van der Waals surface area contributed by atoms with E-state index < -0.39 is 11.9 Å². The summed E-state index contributed by atoms with van der Waals surface area (Å²) in [6.07, 6.45) is -0.898. The van der Waals surface area contributed by atoms with Crippen molar-refractivity contribution in [3.05, 3.63) is 70.0 Å². The van der Waals surface area contributed by atoms with Gasteiger partial charge in [0.05, 0.1) is 5.52 Å². The van der Waals surface area contributed by atoms with Crippen molar-refractivity contribution in [1.82, 2.24) is 4.98 Å². The van der Waals surface area contributed by atoms with Gasteiger partial charge in [0.1, 0.15) is 11.9 Å². The lowest BCUT2D eigenvalue weighted by molar-refractivity contribution is 0.220. The molecule has 0 aliphatic carbocycles. The van der Waals surface area contributed by atoms with Crippen molar-refractivity contribution in [3.63, 3.8) is 0 Å². The zero-order chi connectivity index (χ0) is 13.4. The topological polar surface area (TPSA) is 66.2 Å². The number of H-pyrrole nitrogens is 1. The molecule has 2 N–H and O–H groups in total. The SMILES string of the molecule is O=c1[nH]c2ccc(C(O)c3ccc(F)cc3)cc2o1. The summed E-state index contributed by atoms with van der Waals surface area (Å²) >= 11 is 0. The van der Waals surface area contributed by atoms with E-state index in [1.165, 1.54) is 24.3 Å². The Morgan fingerprint density at radius 2 is 1.79 bits per heavy atom. The molecule has 1 atom stereocenters. The van der Waals surface area contributed by atoms with E-state index in [2.05, 4.69) is 4.98 Å². The first-order chi connectivity index (χ1) is 9.13. The first kappa shape index (κ1) is 11.7. The Labute approximate surface area is 107 Å². The van der Waals surface area contributed by atoms with Crippen LogP contribution >= 0.6 is 0 Å². The van der Waals surface area contributed by atoms with Crippen molar-refractivity contribution in [3.8, 4) is 0 Å². The van der Waals surface area contributed by atoms with Gasteiger partial charge in [-0.3, -0.25) is 4.98 Å². The zero-order valence-electron chi connectivity index (χ0n) is 9.76. The lowest BCUT2D eigenvalue weighted by Crippen LogP contribution is -1.99. The maximum Gasteiger partial charge on any atom is 0.417 e. The average molecular weight is 259 g/mol. The third kappa shape index (κ3) is 2.15. The van der Waals surface area contributed by atoms with Gasteiger partial charge in [-0.2, -0.15) is 0 Å². The number of aromatic nitrogens is 1. The molecule has 3 aromatic rings. The Kier molecular flexibility index (Phi) is 2.68. The molecule has 0 radical (unpaired) electrons. The van der Waals surface area contributed by atoms with Crippen molar-refractivity contribution >= 4 is 11.1 Å². The summed E-state index contributed by atoms with van der Waals surface area (Å²) in [6.45, 7) is 0. The van der Waals surface area contributed by atoms with Crippen LogP contribution in [0.3, 0.4) is 0 Å². The van der Waals surface area contributed by atoms with Crippen molar-refractivity contribution < 1.29 is 13.9 Å². The number of nitrogens with one attached hydrogen (secondary N) is 1. The second-order valence-corrected chi connectivity index (χ2v) is 4.22. The lowest BCUT2D eigenvalue weighted by atomic mass is 10.0. The van der Waals surface area contributed by atoms with Gasteiger partial charge in [0.15, 0.2) is 5.58 Å². The van der Waals surface area contributed by atoms with E-state index in [0.717, 1.165) is 0 Å². The zero-order valence-corrected chi connectivity index (χ0v) is 9.76. The number of fused-ring (bicyclic) bond motifs is 1. The molecule has 0 saturated carbocycles. The summed E-state index contributed by atoms with van der Waals surface area (Å²) in [5, 5.41) is 10.2. The first-order valence-corrected chi connectivity index (χ1v) is 5.70. The van der Waals surface area contributed by atoms with Crippen LogP contribution < -0.4 is 5.76 Å². The van der Waals surface area contributed by atoms with Crippen LogP contribution in [0.15, 0.2) is 51.7 Å². The van der Waals surface area contributed by atoms with Crippen LogP contribution in [0, 0.1) is 5.82 Å². The maximum absolute atomic E-state index is 12.8. The Hall–Kier alpha value is -2.40. The normalized spacial score (nSPS) is 12.7. The van der Waals surface area contributed by atoms with Gasteiger partial charge in [0, 0.05) is 0 Å². The van der Waals surface area contributed by atoms with Crippen LogP contribution in [0.25, 0.3) is 11.1 Å². The largest absolute Gasteiger partial charge is 0.417 e. The van der Waals surface area contributed by atoms with E-state index in [-0.39, 0.29) is 5.82 Å². The second kappa shape index (κ2) is 4.37. The van der Waals surface area contributed by atoms with Gasteiger partial charge in [-0.05, 0) is 35.4 Å². The molecule has 0 amide bonds. The van der Waals surface area contributed by atoms with Crippen molar-refractivity contribution in [2.24, 2.45) is 0 Å². The van der Waals surface area contributed by atoms with Gasteiger partial charge >= 0.3 is 5.76 Å². The summed E-state index contributed by atoms with van der Waals surface area (Å²) in [5.74, 6) is -0.897. The number of aliphatic hydroxyl groups is 1. The predicted molar refractivity (Wildman–Crippen MR) is 67.3 cm³/mol. The molecule has 1 heterocycles. The molecule has 0 saturated heterocycles. The first-order valence-electron chi connectivity index (χ1n) is 5.70. The number of aliphatic hydroxyl groups excluding tert-OH is 1. The standard InChI is InChI=1S/C14H10FNO3/c15-10-4-1-8(2-5-10)13(17)9-3-6-11-12(7-9)19-14(18)16-11/h1-7,13,17H,(H,16,18). The molecule has 1 unspecified atom stereocenters. The highest BCUT2D eigenvalue weighted by atomic mass is 19.1. The molecule has 19 heavy (non-hydrogen) atoms. The highest BCUT2D eigenvalue weighted by molar-refractivity contribution is 5.73. The van der Waals surface area contributed by atoms with Crippen LogP contribution in [0.4, 0.5) is 4.39 Å². The van der Waals surface area contributed by atoms with E-state index in [4.69, 9.17) is 4.42 Å². The number of halogens is 1. The minimum atomic E-state index is -0.898. The number of oxazole rings is 1. The maximum atomic E-state index is 12.8. The highest BCUT2D eigenvalue weighted by Crippen LogP contribution is 2.24. The van der Waals surface area contributed by atoms with Gasteiger partial charge in [-0.1, -0.05) is 18.2 Å². The van der Waals surface area contributed by atoms with Crippen molar-refractivity contribution in [2.75, 3.05) is 0 Å². The number of hydrogen-bond acceptors (Lipinski definition) is 3. The molecule has 2 aromatic carbocycles. The van der Waals surface area contributed by atoms with Crippen LogP contribution in [0.5, 0.6) is 0 Å². The molecule has 4 nitrogen and oxygen atoms in total. The molecule has 0 fully saturated rings. The number of rotatable bonds is 2. The Balaban J connectivity index is 2.03. The number of benzene rings is 2. The van der Waals surface area contributed by atoms with Crippen molar-refractivity contribution in [2.45, 2.75) is 6.10 Å². The van der Waals surface area contributed by atoms with Gasteiger partial charge < -0.3 is 9.52 Å². The van der Waals surface area contributed by atoms with E-state index in [9.17, 15) is 14.3 Å². The Bertz CT molecular complexity index is 773. The van der Waals surface area contributed by atoms with Crippen LogP contribution in [0.1, 0.15) is 17.2 Å². The van der Waals surface area contributed by atoms with E-state index in [1.807, 2.05) is 0 Å². The van der Waals surface area contributed by atoms with E-state index >= 15 is 0 Å². The highest BCUT2D eigenvalue weighted by Gasteiger charge is 2.12. The van der Waals surface area contributed by atoms with Crippen molar-refractivity contribution in [1.29, 1.82) is 0 Å².